The van der Waals surface area contributed by atoms with E-state index in [2.05, 4.69) is 52.6 Å². The fourth-order valence-electron chi connectivity index (χ4n) is 4.75. The van der Waals surface area contributed by atoms with Gasteiger partial charge in [-0.1, -0.05) is 61.1 Å². The summed E-state index contributed by atoms with van der Waals surface area (Å²) in [5, 5.41) is 11.7. The van der Waals surface area contributed by atoms with Gasteiger partial charge in [-0.25, -0.2) is 0 Å². The van der Waals surface area contributed by atoms with Crippen LogP contribution in [0, 0.1) is 0 Å². The minimum Gasteiger partial charge on any atom is -0.507 e. The first-order valence-corrected chi connectivity index (χ1v) is 19.7. The molecule has 0 saturated heterocycles. The van der Waals surface area contributed by atoms with E-state index >= 15 is 0 Å². The maximum Gasteiger partial charge on any atom is 0.193 e. The number of ether oxygens (including phenoxy) is 5. The van der Waals surface area contributed by atoms with E-state index in [1.807, 2.05) is 50.3 Å². The van der Waals surface area contributed by atoms with Gasteiger partial charge < -0.3 is 28.8 Å². The third kappa shape index (κ3) is 11.3. The lowest BCUT2D eigenvalue weighted by Gasteiger charge is -2.31. The van der Waals surface area contributed by atoms with Crippen LogP contribution in [0.2, 0.25) is 25.7 Å². The van der Waals surface area contributed by atoms with Gasteiger partial charge in [0.15, 0.2) is 19.4 Å². The number of fused-ring (bicyclic) bond motifs is 1. The molecule has 46 heavy (non-hydrogen) atoms. The number of ketones is 1. The summed E-state index contributed by atoms with van der Waals surface area (Å²) in [5.41, 5.74) is 3.80. The number of phenolic OH excluding ortho intramolecular Hbond substituents is 1. The van der Waals surface area contributed by atoms with Gasteiger partial charge in [-0.05, 0) is 95.8 Å². The molecule has 0 atom stereocenters. The lowest BCUT2D eigenvalue weighted by molar-refractivity contribution is 0.0220. The molecule has 1 heterocycles. The van der Waals surface area contributed by atoms with Crippen LogP contribution in [-0.2, 0) is 15.9 Å². The van der Waals surface area contributed by atoms with Crippen LogP contribution in [-0.4, -0.2) is 51.9 Å². The number of aromatic hydroxyl groups is 1. The van der Waals surface area contributed by atoms with Crippen molar-refractivity contribution in [1.29, 1.82) is 0 Å². The van der Waals surface area contributed by atoms with Crippen LogP contribution >= 0.6 is 0 Å². The second-order valence-electron chi connectivity index (χ2n) is 13.7. The third-order valence-electron chi connectivity index (χ3n) is 7.46. The molecule has 1 N–H and O–H groups in total. The molecule has 8 heteroatoms. The first kappa shape index (κ1) is 36.9. The van der Waals surface area contributed by atoms with Crippen LogP contribution in [0.25, 0.3) is 12.2 Å². The van der Waals surface area contributed by atoms with Crippen molar-refractivity contribution < 1.29 is 33.6 Å². The summed E-state index contributed by atoms with van der Waals surface area (Å²) in [6.45, 7) is 17.9. The summed E-state index contributed by atoms with van der Waals surface area (Å²) in [5.74, 6) is 0.884. The minimum absolute atomic E-state index is 0.0170. The van der Waals surface area contributed by atoms with Gasteiger partial charge in [0, 0.05) is 27.4 Å². The normalized spacial score (nSPS) is 14.2. The first-order valence-electron chi connectivity index (χ1n) is 15.9. The predicted molar refractivity (Wildman–Crippen MR) is 190 cm³/mol. The number of carbonyl (C=O) groups excluding carboxylic acids is 1. The number of methoxy groups -OCH3 is 1. The Bertz CT molecular complexity index is 1450. The number of rotatable bonds is 17. The fraction of sp³-hybridized carbons (Fsp3) is 0.447. The fourth-order valence-corrected chi connectivity index (χ4v) is 5.51. The zero-order valence-electron chi connectivity index (χ0n) is 29.1. The SMILES string of the molecule is COCOc1c2c(c(C(=O)/C=C/c3ccc(OCOCC[Si](C)(C)C)cc3)c(O)c1C/C=C(\C)CCC=C(C)C)OC(C)(C)C=C2. The van der Waals surface area contributed by atoms with Crippen molar-refractivity contribution in [1.82, 2.24) is 0 Å². The Morgan fingerprint density at radius 1 is 1.02 bits per heavy atom. The zero-order chi connectivity index (χ0) is 33.9. The van der Waals surface area contributed by atoms with Crippen molar-refractivity contribution >= 4 is 26.0 Å². The molecule has 7 nitrogen and oxygen atoms in total. The van der Waals surface area contributed by atoms with E-state index in [-0.39, 0.29) is 36.4 Å². The summed E-state index contributed by atoms with van der Waals surface area (Å²) in [6, 6.07) is 8.51. The van der Waals surface area contributed by atoms with Gasteiger partial charge in [0.1, 0.15) is 34.2 Å². The molecule has 0 aromatic heterocycles. The van der Waals surface area contributed by atoms with Crippen molar-refractivity contribution in [3.8, 4) is 23.0 Å². The third-order valence-corrected chi connectivity index (χ3v) is 9.16. The van der Waals surface area contributed by atoms with Gasteiger partial charge in [0.05, 0.1) is 5.56 Å². The second-order valence-corrected chi connectivity index (χ2v) is 19.3. The molecule has 1 aliphatic heterocycles. The van der Waals surface area contributed by atoms with Gasteiger partial charge >= 0.3 is 0 Å². The highest BCUT2D eigenvalue weighted by molar-refractivity contribution is 6.76. The van der Waals surface area contributed by atoms with Gasteiger partial charge in [-0.15, -0.1) is 0 Å². The van der Waals surface area contributed by atoms with Crippen LogP contribution in [0.4, 0.5) is 0 Å². The number of hydrogen-bond acceptors (Lipinski definition) is 7. The molecule has 0 fully saturated rings. The molecule has 2 aromatic carbocycles. The topological polar surface area (TPSA) is 83.5 Å². The molecule has 3 rings (SSSR count). The molecule has 0 aliphatic carbocycles. The summed E-state index contributed by atoms with van der Waals surface area (Å²) < 4.78 is 28.9. The number of hydrogen-bond donors (Lipinski definition) is 1. The van der Waals surface area contributed by atoms with Gasteiger partial charge in [-0.3, -0.25) is 4.79 Å². The van der Waals surface area contributed by atoms with Crippen LogP contribution in [0.3, 0.4) is 0 Å². The Morgan fingerprint density at radius 2 is 1.74 bits per heavy atom. The summed E-state index contributed by atoms with van der Waals surface area (Å²) in [7, 11) is 0.398. The Kier molecular flexibility index (Phi) is 13.5. The van der Waals surface area contributed by atoms with Crippen molar-refractivity contribution in [2.24, 2.45) is 0 Å². The molecule has 0 spiro atoms. The van der Waals surface area contributed by atoms with E-state index in [1.165, 1.54) is 17.2 Å². The summed E-state index contributed by atoms with van der Waals surface area (Å²) >= 11 is 0. The van der Waals surface area contributed by atoms with E-state index in [1.54, 1.807) is 13.2 Å². The minimum atomic E-state index is -1.14. The number of phenols is 1. The molecule has 0 saturated carbocycles. The van der Waals surface area contributed by atoms with E-state index in [0.717, 1.165) is 24.4 Å². The summed E-state index contributed by atoms with van der Waals surface area (Å²) in [6.07, 6.45) is 13.5. The van der Waals surface area contributed by atoms with Crippen LogP contribution in [0.1, 0.15) is 74.5 Å². The Hall–Kier alpha value is -3.59. The molecule has 0 bridgehead atoms. The highest BCUT2D eigenvalue weighted by Gasteiger charge is 2.33. The highest BCUT2D eigenvalue weighted by atomic mass is 28.3. The van der Waals surface area contributed by atoms with Crippen molar-refractivity contribution in [2.45, 2.75) is 85.2 Å². The van der Waals surface area contributed by atoms with E-state index in [9.17, 15) is 9.90 Å². The van der Waals surface area contributed by atoms with Crippen LogP contribution < -0.4 is 14.2 Å². The summed E-state index contributed by atoms with van der Waals surface area (Å²) in [4.78, 5) is 13.8. The monoisotopic (exact) mass is 648 g/mol. The second kappa shape index (κ2) is 16.8. The van der Waals surface area contributed by atoms with E-state index < -0.39 is 13.7 Å². The maximum absolute atomic E-state index is 13.8. The zero-order valence-corrected chi connectivity index (χ0v) is 30.1. The van der Waals surface area contributed by atoms with Crippen LogP contribution in [0.15, 0.2) is 59.7 Å². The molecular weight excluding hydrogens is 596 g/mol. The largest absolute Gasteiger partial charge is 0.507 e. The lowest BCUT2D eigenvalue weighted by atomic mass is 9.91. The van der Waals surface area contributed by atoms with Crippen molar-refractivity contribution in [2.75, 3.05) is 27.3 Å². The van der Waals surface area contributed by atoms with Gasteiger partial charge in [-0.2, -0.15) is 0 Å². The Labute approximate surface area is 276 Å². The number of carbonyl (C=O) groups is 1. The van der Waals surface area contributed by atoms with Crippen LogP contribution in [0.5, 0.6) is 23.0 Å². The molecule has 0 radical (unpaired) electrons. The average Bonchev–Trinajstić information content (AvgIpc) is 2.97. The lowest BCUT2D eigenvalue weighted by Crippen LogP contribution is -2.29. The smallest absolute Gasteiger partial charge is 0.193 e. The molecule has 0 amide bonds. The first-order chi connectivity index (χ1) is 21.7. The molecule has 2 aromatic rings. The molecule has 0 unspecified atom stereocenters. The van der Waals surface area contributed by atoms with Crippen molar-refractivity contribution in [3.05, 3.63) is 82.0 Å². The maximum atomic E-state index is 13.8. The van der Waals surface area contributed by atoms with E-state index in [4.69, 9.17) is 23.7 Å². The number of allylic oxidation sites excluding steroid dienone is 5. The van der Waals surface area contributed by atoms with E-state index in [0.29, 0.717) is 35.7 Å². The molecule has 1 aliphatic rings. The molecular formula is C38H52O7Si. The highest BCUT2D eigenvalue weighted by Crippen LogP contribution is 2.48. The van der Waals surface area contributed by atoms with Crippen molar-refractivity contribution in [3.63, 3.8) is 0 Å². The molecule has 250 valence electrons. The Balaban J connectivity index is 1.89. The van der Waals surface area contributed by atoms with Gasteiger partial charge in [0.2, 0.25) is 0 Å². The average molecular weight is 649 g/mol. The van der Waals surface area contributed by atoms with Gasteiger partial charge in [0.25, 0.3) is 0 Å². The number of benzene rings is 2. The Morgan fingerprint density at radius 3 is 2.39 bits per heavy atom. The quantitative estimate of drug-likeness (QED) is 0.0457. The standard InChI is InChI=1S/C38H52O7Si/c1-27(2)11-10-12-28(3)13-19-31-35(40)34(37-32(36(31)44-25-41-6)21-22-38(4,5)45-37)33(39)20-16-29-14-17-30(18-15-29)43-26-42-23-24-46(7,8)9/h11,13-18,20-22,40H,10,12,19,23-26H2,1-9H3/b20-16+,28-13+. The predicted octanol–water partition coefficient (Wildman–Crippen LogP) is 9.38.